The predicted molar refractivity (Wildman–Crippen MR) is 171 cm³/mol. The van der Waals surface area contributed by atoms with Gasteiger partial charge < -0.3 is 9.72 Å². The smallest absolute Gasteiger partial charge is 0.253 e. The Bertz CT molecular complexity index is 1730. The number of pyridine rings is 1. The minimum Gasteiger partial charge on any atom is -0.376 e. The molecule has 5 aromatic rings. The summed E-state index contributed by atoms with van der Waals surface area (Å²) in [6.07, 6.45) is 2.10. The number of benzene rings is 3. The number of rotatable bonds is 8. The lowest BCUT2D eigenvalue weighted by molar-refractivity contribution is 0.0778. The van der Waals surface area contributed by atoms with E-state index < -0.39 is 6.04 Å². The molecule has 0 amide bonds. The molecule has 2 aliphatic heterocycles. The van der Waals surface area contributed by atoms with Crippen LogP contribution in [-0.2, 0) is 11.3 Å². The lowest BCUT2D eigenvalue weighted by Crippen LogP contribution is -2.50. The maximum absolute atomic E-state index is 13.9. The van der Waals surface area contributed by atoms with Gasteiger partial charge in [-0.05, 0) is 70.8 Å². The molecule has 2 fully saturated rings. The van der Waals surface area contributed by atoms with Crippen molar-refractivity contribution < 1.29 is 4.74 Å². The number of aromatic amines is 1. The minimum absolute atomic E-state index is 0.0766. The number of hydrogen-bond donors (Lipinski definition) is 1. The summed E-state index contributed by atoms with van der Waals surface area (Å²) in [7, 11) is 0. The molecular weight excluding hydrogens is 550 g/mol. The van der Waals surface area contributed by atoms with Gasteiger partial charge in [-0.15, -0.1) is 5.10 Å². The maximum atomic E-state index is 13.9. The highest BCUT2D eigenvalue weighted by atomic mass is 16.5. The minimum atomic E-state index is -0.393. The van der Waals surface area contributed by atoms with Crippen molar-refractivity contribution in [2.24, 2.45) is 0 Å². The normalized spacial score (nSPS) is 18.8. The topological polar surface area (TPSA) is 92.2 Å². The van der Waals surface area contributed by atoms with Gasteiger partial charge in [0.2, 0.25) is 0 Å². The van der Waals surface area contributed by atoms with Gasteiger partial charge in [0.1, 0.15) is 6.04 Å². The molecule has 7 rings (SSSR count). The summed E-state index contributed by atoms with van der Waals surface area (Å²) >= 11 is 0. The Hall–Kier alpha value is -4.18. The number of hydrogen-bond acceptors (Lipinski definition) is 7. The molecule has 2 atom stereocenters. The molecule has 2 unspecified atom stereocenters. The van der Waals surface area contributed by atoms with Gasteiger partial charge in [0.25, 0.3) is 5.56 Å². The van der Waals surface area contributed by atoms with Crippen LogP contribution in [0.2, 0.25) is 0 Å². The van der Waals surface area contributed by atoms with Crippen molar-refractivity contribution in [3.63, 3.8) is 0 Å². The molecule has 2 saturated heterocycles. The van der Waals surface area contributed by atoms with E-state index in [1.807, 2.05) is 10.7 Å². The van der Waals surface area contributed by atoms with Crippen molar-refractivity contribution in [3.8, 4) is 0 Å². The summed E-state index contributed by atoms with van der Waals surface area (Å²) in [5.74, 6) is 0.685. The highest BCUT2D eigenvalue weighted by Gasteiger charge is 2.35. The lowest BCUT2D eigenvalue weighted by atomic mass is 9.95. The number of piperazine rings is 1. The number of ether oxygens (including phenoxy) is 1. The average molecular weight is 590 g/mol. The Kier molecular flexibility index (Phi) is 8.08. The molecule has 0 aliphatic carbocycles. The molecule has 3 aromatic carbocycles. The Balaban J connectivity index is 1.24. The summed E-state index contributed by atoms with van der Waals surface area (Å²) < 4.78 is 7.79. The molecule has 9 nitrogen and oxygen atoms in total. The van der Waals surface area contributed by atoms with Crippen LogP contribution in [0.4, 0.5) is 0 Å². The van der Waals surface area contributed by atoms with E-state index in [9.17, 15) is 4.79 Å². The zero-order valence-electron chi connectivity index (χ0n) is 25.4. The number of fused-ring (bicyclic) bond motifs is 1. The van der Waals surface area contributed by atoms with E-state index in [1.54, 1.807) is 0 Å². The van der Waals surface area contributed by atoms with Gasteiger partial charge in [0.05, 0.1) is 24.2 Å². The van der Waals surface area contributed by atoms with Gasteiger partial charge in [-0.2, -0.15) is 0 Å². The summed E-state index contributed by atoms with van der Waals surface area (Å²) in [4.78, 5) is 22.0. The lowest BCUT2D eigenvalue weighted by Gasteiger charge is -2.42. The first-order valence-electron chi connectivity index (χ1n) is 15.7. The zero-order valence-corrected chi connectivity index (χ0v) is 25.4. The van der Waals surface area contributed by atoms with Crippen molar-refractivity contribution in [1.82, 2.24) is 35.0 Å². The van der Waals surface area contributed by atoms with Crippen LogP contribution in [0.3, 0.4) is 0 Å². The van der Waals surface area contributed by atoms with Crippen molar-refractivity contribution in [2.45, 2.75) is 51.4 Å². The molecule has 4 heterocycles. The second-order valence-corrected chi connectivity index (χ2v) is 12.1. The van der Waals surface area contributed by atoms with Crippen molar-refractivity contribution in [3.05, 3.63) is 123 Å². The van der Waals surface area contributed by atoms with E-state index >= 15 is 0 Å². The number of H-pyrrole nitrogens is 1. The first-order valence-corrected chi connectivity index (χ1v) is 15.7. The molecule has 0 saturated carbocycles. The Morgan fingerprint density at radius 1 is 0.886 bits per heavy atom. The average Bonchev–Trinajstić information content (AvgIpc) is 3.75. The fourth-order valence-electron chi connectivity index (χ4n) is 6.90. The van der Waals surface area contributed by atoms with Gasteiger partial charge in [-0.3, -0.25) is 14.6 Å². The quantitative estimate of drug-likeness (QED) is 0.278. The van der Waals surface area contributed by atoms with Gasteiger partial charge in [-0.1, -0.05) is 72.8 Å². The van der Waals surface area contributed by atoms with Gasteiger partial charge in [-0.25, -0.2) is 4.68 Å². The van der Waals surface area contributed by atoms with Crippen LogP contribution in [-0.4, -0.2) is 73.9 Å². The molecule has 226 valence electrons. The Labute approximate surface area is 257 Å². The standard InChI is InChI=1S/C35H39N7O2/c1-24-15-16-28-22-30(35(43)36-31(28)25(24)2)33(34-37-38-39-42(34)23-29-14-9-21-44-29)41-19-17-40(18-20-41)32(26-10-5-3-6-11-26)27-12-7-4-8-13-27/h3-8,10-13,15-16,22,29,32-33H,9,14,17-21,23H2,1-2H3,(H,36,43). The highest BCUT2D eigenvalue weighted by molar-refractivity contribution is 5.83. The summed E-state index contributed by atoms with van der Waals surface area (Å²) in [6, 6.07) is 27.4. The second kappa shape index (κ2) is 12.4. The van der Waals surface area contributed by atoms with Gasteiger partial charge >= 0.3 is 0 Å². The maximum Gasteiger partial charge on any atom is 0.253 e. The molecule has 0 radical (unpaired) electrons. The third kappa shape index (κ3) is 5.58. The summed E-state index contributed by atoms with van der Waals surface area (Å²) in [5.41, 5.74) is 6.25. The van der Waals surface area contributed by atoms with Gasteiger partial charge in [0, 0.05) is 38.3 Å². The van der Waals surface area contributed by atoms with Crippen LogP contribution in [0.1, 0.15) is 58.6 Å². The highest BCUT2D eigenvalue weighted by Crippen LogP contribution is 2.33. The fraction of sp³-hybridized carbons (Fsp3) is 0.371. The molecule has 1 N–H and O–H groups in total. The van der Waals surface area contributed by atoms with Crippen LogP contribution in [0, 0.1) is 13.8 Å². The predicted octanol–water partition coefficient (Wildman–Crippen LogP) is 4.81. The molecule has 2 aliphatic rings. The number of aryl methyl sites for hydroxylation is 2. The Morgan fingerprint density at radius 3 is 2.18 bits per heavy atom. The zero-order chi connectivity index (χ0) is 30.0. The molecular formula is C35H39N7O2. The van der Waals surface area contributed by atoms with Crippen LogP contribution in [0.25, 0.3) is 10.9 Å². The van der Waals surface area contributed by atoms with Crippen molar-refractivity contribution in [2.75, 3.05) is 32.8 Å². The summed E-state index contributed by atoms with van der Waals surface area (Å²) in [5, 5.41) is 14.1. The van der Waals surface area contributed by atoms with Crippen LogP contribution in [0.15, 0.2) is 83.7 Å². The molecule has 44 heavy (non-hydrogen) atoms. The SMILES string of the molecule is Cc1ccc2cc(C(c3nnnn3CC3CCCO3)N3CCN(C(c4ccccc4)c4ccccc4)CC3)c(=O)[nH]c2c1C. The van der Waals surface area contributed by atoms with E-state index in [0.29, 0.717) is 17.9 Å². The van der Waals surface area contributed by atoms with Crippen LogP contribution >= 0.6 is 0 Å². The fourth-order valence-corrected chi connectivity index (χ4v) is 6.90. The molecule has 2 aromatic heterocycles. The second-order valence-electron chi connectivity index (χ2n) is 12.1. The molecule has 0 bridgehead atoms. The van der Waals surface area contributed by atoms with E-state index in [4.69, 9.17) is 4.74 Å². The van der Waals surface area contributed by atoms with E-state index in [2.05, 4.69) is 117 Å². The number of aromatic nitrogens is 5. The van der Waals surface area contributed by atoms with Crippen molar-refractivity contribution in [1.29, 1.82) is 0 Å². The summed E-state index contributed by atoms with van der Waals surface area (Å²) in [6.45, 7) is 8.66. The van der Waals surface area contributed by atoms with E-state index in [-0.39, 0.29) is 17.7 Å². The van der Waals surface area contributed by atoms with Crippen molar-refractivity contribution >= 4 is 10.9 Å². The van der Waals surface area contributed by atoms with E-state index in [1.165, 1.54) is 11.1 Å². The van der Waals surface area contributed by atoms with Crippen LogP contribution in [0.5, 0.6) is 0 Å². The molecule has 0 spiro atoms. The number of nitrogens with one attached hydrogen (secondary N) is 1. The first kappa shape index (κ1) is 28.6. The molecule has 9 heteroatoms. The van der Waals surface area contributed by atoms with E-state index in [0.717, 1.165) is 67.7 Å². The van der Waals surface area contributed by atoms with Crippen LogP contribution < -0.4 is 5.56 Å². The van der Waals surface area contributed by atoms with Gasteiger partial charge in [0.15, 0.2) is 5.82 Å². The monoisotopic (exact) mass is 589 g/mol. The largest absolute Gasteiger partial charge is 0.376 e. The third-order valence-corrected chi connectivity index (χ3v) is 9.39. The third-order valence-electron chi connectivity index (χ3n) is 9.39. The number of nitrogens with zero attached hydrogens (tertiary/aromatic N) is 6. The Morgan fingerprint density at radius 2 is 1.55 bits per heavy atom. The number of tetrazole rings is 1. The first-order chi connectivity index (χ1) is 21.6.